The molecule has 2 N–H and O–H groups in total. The quantitative estimate of drug-likeness (QED) is 0.880. The van der Waals surface area contributed by atoms with E-state index in [0.29, 0.717) is 17.8 Å². The topological polar surface area (TPSA) is 59.2 Å². The number of nitrogens with zero attached hydrogens (tertiary/aromatic N) is 2. The van der Waals surface area contributed by atoms with Gasteiger partial charge in [0.05, 0.1) is 24.0 Å². The molecule has 0 fully saturated rings. The van der Waals surface area contributed by atoms with Crippen LogP contribution in [0.1, 0.15) is 15.2 Å². The van der Waals surface area contributed by atoms with Gasteiger partial charge in [-0.1, -0.05) is 17.7 Å². The maximum Gasteiger partial charge on any atom is 0.256 e. The molecule has 0 saturated heterocycles. The summed E-state index contributed by atoms with van der Waals surface area (Å²) in [5, 5.41) is 2.24. The molecule has 0 aromatic carbocycles. The summed E-state index contributed by atoms with van der Waals surface area (Å²) in [6.45, 7) is 0.551. The lowest BCUT2D eigenvalue weighted by molar-refractivity contribution is 0.0787. The Morgan fingerprint density at radius 2 is 2.39 bits per heavy atom. The van der Waals surface area contributed by atoms with Crippen molar-refractivity contribution in [3.8, 4) is 0 Å². The molecule has 0 atom stereocenters. The molecule has 0 radical (unpaired) electrons. The predicted molar refractivity (Wildman–Crippen MR) is 73.8 cm³/mol. The molecule has 0 spiro atoms. The van der Waals surface area contributed by atoms with Gasteiger partial charge in [0.15, 0.2) is 0 Å². The van der Waals surface area contributed by atoms with E-state index in [0.717, 1.165) is 4.88 Å². The highest BCUT2D eigenvalue weighted by Gasteiger charge is 2.16. The van der Waals surface area contributed by atoms with Crippen LogP contribution in [0, 0.1) is 0 Å². The lowest BCUT2D eigenvalue weighted by Gasteiger charge is -2.17. The molecule has 2 aromatic rings. The van der Waals surface area contributed by atoms with Crippen LogP contribution in [0.3, 0.4) is 0 Å². The second kappa shape index (κ2) is 5.37. The van der Waals surface area contributed by atoms with Crippen molar-refractivity contribution >= 4 is 34.5 Å². The number of halogens is 1. The molecule has 94 valence electrons. The van der Waals surface area contributed by atoms with Crippen LogP contribution < -0.4 is 5.73 Å². The van der Waals surface area contributed by atoms with E-state index in [1.165, 1.54) is 12.3 Å². The van der Waals surface area contributed by atoms with E-state index in [2.05, 4.69) is 4.98 Å². The van der Waals surface area contributed by atoms with Crippen molar-refractivity contribution < 1.29 is 4.79 Å². The Balaban J connectivity index is 2.17. The first-order valence-corrected chi connectivity index (χ1v) is 6.52. The lowest BCUT2D eigenvalue weighted by Crippen LogP contribution is -2.26. The second-order valence-corrected chi connectivity index (χ2v) is 5.25. The van der Waals surface area contributed by atoms with Gasteiger partial charge < -0.3 is 10.6 Å². The van der Waals surface area contributed by atoms with Crippen molar-refractivity contribution in [1.29, 1.82) is 0 Å². The fourth-order valence-corrected chi connectivity index (χ4v) is 2.45. The molecule has 4 nitrogen and oxygen atoms in total. The van der Waals surface area contributed by atoms with Crippen LogP contribution in [-0.4, -0.2) is 22.8 Å². The number of hydrogen-bond acceptors (Lipinski definition) is 4. The summed E-state index contributed by atoms with van der Waals surface area (Å²) in [6, 6.07) is 5.43. The maximum atomic E-state index is 12.2. The van der Waals surface area contributed by atoms with Crippen LogP contribution >= 0.6 is 22.9 Å². The van der Waals surface area contributed by atoms with Gasteiger partial charge in [0.1, 0.15) is 5.15 Å². The van der Waals surface area contributed by atoms with Gasteiger partial charge in [0.25, 0.3) is 5.91 Å². The fourth-order valence-electron chi connectivity index (χ4n) is 1.54. The molecule has 2 rings (SSSR count). The normalized spacial score (nSPS) is 10.3. The fraction of sp³-hybridized carbons (Fsp3) is 0.167. The first-order chi connectivity index (χ1) is 8.58. The molecule has 0 bridgehead atoms. The van der Waals surface area contributed by atoms with Crippen molar-refractivity contribution in [1.82, 2.24) is 9.88 Å². The number of amides is 1. The Morgan fingerprint density at radius 1 is 1.61 bits per heavy atom. The average Bonchev–Trinajstić information content (AvgIpc) is 2.84. The molecule has 2 aromatic heterocycles. The third kappa shape index (κ3) is 2.80. The molecule has 6 heteroatoms. The molecule has 0 aliphatic rings. The summed E-state index contributed by atoms with van der Waals surface area (Å²) in [5.74, 6) is -0.162. The van der Waals surface area contributed by atoms with E-state index in [-0.39, 0.29) is 11.1 Å². The second-order valence-electron chi connectivity index (χ2n) is 3.83. The molecular formula is C12H12ClN3OS. The molecule has 18 heavy (non-hydrogen) atoms. The minimum atomic E-state index is -0.162. The van der Waals surface area contributed by atoms with E-state index >= 15 is 0 Å². The molecule has 0 unspecified atom stereocenters. The lowest BCUT2D eigenvalue weighted by atomic mass is 10.2. The molecule has 2 heterocycles. The predicted octanol–water partition coefficient (Wildman–Crippen LogP) is 2.65. The molecule has 0 saturated carbocycles. The Labute approximate surface area is 114 Å². The number of anilines is 1. The maximum absolute atomic E-state index is 12.2. The summed E-state index contributed by atoms with van der Waals surface area (Å²) < 4.78 is 0. The highest BCUT2D eigenvalue weighted by molar-refractivity contribution is 7.09. The minimum Gasteiger partial charge on any atom is -0.397 e. The van der Waals surface area contributed by atoms with Gasteiger partial charge in [-0.05, 0) is 17.5 Å². The van der Waals surface area contributed by atoms with Crippen LogP contribution in [-0.2, 0) is 6.54 Å². The molecule has 1 amide bonds. The first-order valence-electron chi connectivity index (χ1n) is 5.27. The number of hydrogen-bond donors (Lipinski definition) is 1. The van der Waals surface area contributed by atoms with Crippen LogP contribution in [0.15, 0.2) is 29.8 Å². The highest BCUT2D eigenvalue weighted by atomic mass is 35.5. The summed E-state index contributed by atoms with van der Waals surface area (Å²) in [6.07, 6.45) is 1.40. The summed E-state index contributed by atoms with van der Waals surface area (Å²) in [4.78, 5) is 18.8. The number of pyridine rings is 1. The minimum absolute atomic E-state index is 0.162. The summed E-state index contributed by atoms with van der Waals surface area (Å²) in [5.41, 5.74) is 6.45. The Bertz CT molecular complexity index is 556. The molecule has 0 aliphatic carbocycles. The Kier molecular flexibility index (Phi) is 3.84. The summed E-state index contributed by atoms with van der Waals surface area (Å²) in [7, 11) is 1.73. The van der Waals surface area contributed by atoms with Gasteiger partial charge in [-0.3, -0.25) is 4.79 Å². The Hall–Kier alpha value is -1.59. The van der Waals surface area contributed by atoms with Crippen LogP contribution in [0.4, 0.5) is 5.69 Å². The molecular weight excluding hydrogens is 270 g/mol. The van der Waals surface area contributed by atoms with Crippen molar-refractivity contribution in [2.75, 3.05) is 12.8 Å². The van der Waals surface area contributed by atoms with Crippen LogP contribution in [0.2, 0.25) is 5.15 Å². The summed E-state index contributed by atoms with van der Waals surface area (Å²) >= 11 is 7.38. The van der Waals surface area contributed by atoms with Gasteiger partial charge in [0, 0.05) is 11.9 Å². The van der Waals surface area contributed by atoms with Gasteiger partial charge >= 0.3 is 0 Å². The van der Waals surface area contributed by atoms with E-state index in [1.54, 1.807) is 23.3 Å². The first kappa shape index (κ1) is 12.9. The third-order valence-electron chi connectivity index (χ3n) is 2.45. The van der Waals surface area contributed by atoms with Crippen molar-refractivity contribution in [3.05, 3.63) is 45.4 Å². The van der Waals surface area contributed by atoms with Gasteiger partial charge in [-0.15, -0.1) is 11.3 Å². The zero-order valence-electron chi connectivity index (χ0n) is 9.76. The van der Waals surface area contributed by atoms with Crippen molar-refractivity contribution in [2.45, 2.75) is 6.54 Å². The Morgan fingerprint density at radius 3 is 3.06 bits per heavy atom. The van der Waals surface area contributed by atoms with Crippen LogP contribution in [0.25, 0.3) is 0 Å². The van der Waals surface area contributed by atoms with E-state index in [4.69, 9.17) is 17.3 Å². The van der Waals surface area contributed by atoms with Gasteiger partial charge in [-0.2, -0.15) is 0 Å². The third-order valence-corrected chi connectivity index (χ3v) is 3.52. The number of nitrogens with two attached hydrogens (primary N) is 1. The number of aromatic nitrogens is 1. The van der Waals surface area contributed by atoms with Gasteiger partial charge in [-0.25, -0.2) is 4.98 Å². The van der Waals surface area contributed by atoms with Crippen molar-refractivity contribution in [3.63, 3.8) is 0 Å². The zero-order valence-corrected chi connectivity index (χ0v) is 11.3. The number of rotatable bonds is 3. The number of carbonyl (C=O) groups excluding carboxylic acids is 1. The van der Waals surface area contributed by atoms with Crippen LogP contribution in [0.5, 0.6) is 0 Å². The molecule has 0 aliphatic heterocycles. The monoisotopic (exact) mass is 281 g/mol. The van der Waals surface area contributed by atoms with Gasteiger partial charge in [0.2, 0.25) is 0 Å². The SMILES string of the molecule is CN(Cc1cccs1)C(=O)c1cc(Cl)ncc1N. The largest absolute Gasteiger partial charge is 0.397 e. The zero-order chi connectivity index (χ0) is 13.1. The number of carbonyl (C=O) groups is 1. The highest BCUT2D eigenvalue weighted by Crippen LogP contribution is 2.18. The van der Waals surface area contributed by atoms with E-state index in [9.17, 15) is 4.79 Å². The smallest absolute Gasteiger partial charge is 0.256 e. The number of thiophene rings is 1. The standard InChI is InChI=1S/C12H12ClN3OS/c1-16(7-8-3-2-4-18-8)12(17)9-5-11(13)15-6-10(9)14/h2-6H,7,14H2,1H3. The number of nitrogen functional groups attached to an aromatic ring is 1. The van der Waals surface area contributed by atoms with E-state index < -0.39 is 0 Å². The average molecular weight is 282 g/mol. The van der Waals surface area contributed by atoms with E-state index in [1.807, 2.05) is 17.5 Å². The van der Waals surface area contributed by atoms with Crippen molar-refractivity contribution in [2.24, 2.45) is 0 Å².